The molecule has 0 saturated heterocycles. The summed E-state index contributed by atoms with van der Waals surface area (Å²) >= 11 is 6.49. The Balaban J connectivity index is 0.000000472. The molecule has 2 rings (SSSR count). The highest BCUT2D eigenvalue weighted by atomic mass is 79.9. The maximum atomic E-state index is 11.2. The molecule has 2 unspecified atom stereocenters. The molecule has 31 heavy (non-hydrogen) atoms. The van der Waals surface area contributed by atoms with Gasteiger partial charge in [0.25, 0.3) is 0 Å². The molecule has 0 radical (unpaired) electrons. The van der Waals surface area contributed by atoms with Gasteiger partial charge in [-0.05, 0) is 38.7 Å². The molecule has 2 atom stereocenters. The van der Waals surface area contributed by atoms with Crippen molar-refractivity contribution in [2.45, 2.75) is 27.2 Å². The fourth-order valence-electron chi connectivity index (χ4n) is 2.37. The van der Waals surface area contributed by atoms with Crippen molar-refractivity contribution < 1.29 is 19.1 Å². The minimum absolute atomic E-state index is 0.0788. The average molecular weight is 559 g/mol. The Labute approximate surface area is 203 Å². The number of alkyl halides is 2. The van der Waals surface area contributed by atoms with Gasteiger partial charge in [-0.1, -0.05) is 80.4 Å². The molecule has 1 fully saturated rings. The molecule has 1 aliphatic rings. The number of aliphatic imine (C=N–C) groups is 1. The first-order valence-electron chi connectivity index (χ1n) is 10.2. The molecule has 0 N–H and O–H groups in total. The van der Waals surface area contributed by atoms with Crippen LogP contribution in [0, 0.1) is 11.3 Å². The minimum Gasteiger partial charge on any atom is -0.466 e. The summed E-state index contributed by atoms with van der Waals surface area (Å²) < 4.78 is 9.64. The molecular formula is C24H33Br2NO4. The third-order valence-corrected chi connectivity index (χ3v) is 4.99. The second-order valence-electron chi connectivity index (χ2n) is 6.65. The lowest BCUT2D eigenvalue weighted by Gasteiger charge is -2.07. The van der Waals surface area contributed by atoms with E-state index in [1.165, 1.54) is 0 Å². The number of benzene rings is 1. The Morgan fingerprint density at radius 1 is 1.13 bits per heavy atom. The fourth-order valence-corrected chi connectivity index (χ4v) is 2.90. The number of halogens is 2. The van der Waals surface area contributed by atoms with Crippen molar-refractivity contribution in [2.75, 3.05) is 30.4 Å². The number of rotatable bonds is 9. The Morgan fingerprint density at radius 2 is 1.71 bits per heavy atom. The summed E-state index contributed by atoms with van der Waals surface area (Å²) in [4.78, 5) is 26.1. The lowest BCUT2D eigenvalue weighted by Crippen LogP contribution is -2.17. The van der Waals surface area contributed by atoms with Crippen LogP contribution in [0.2, 0.25) is 0 Å². The summed E-state index contributed by atoms with van der Waals surface area (Å²) in [6.07, 6.45) is 8.49. The van der Waals surface area contributed by atoms with Gasteiger partial charge >= 0.3 is 11.9 Å². The molecular weight excluding hydrogens is 526 g/mol. The van der Waals surface area contributed by atoms with E-state index in [1.54, 1.807) is 13.1 Å². The molecule has 1 aromatic carbocycles. The van der Waals surface area contributed by atoms with E-state index < -0.39 is 0 Å². The van der Waals surface area contributed by atoms with Gasteiger partial charge in [-0.25, -0.2) is 0 Å². The topological polar surface area (TPSA) is 65.0 Å². The normalized spacial score (nSPS) is 18.9. The molecule has 1 aliphatic carbocycles. The summed E-state index contributed by atoms with van der Waals surface area (Å²) in [5.41, 5.74) is 0.731. The van der Waals surface area contributed by atoms with Gasteiger partial charge in [0.2, 0.25) is 0 Å². The van der Waals surface area contributed by atoms with E-state index >= 15 is 0 Å². The average Bonchev–Trinajstić information content (AvgIpc) is 3.46. The van der Waals surface area contributed by atoms with Crippen LogP contribution in [0.5, 0.6) is 0 Å². The van der Waals surface area contributed by atoms with Crippen molar-refractivity contribution in [3.63, 3.8) is 0 Å². The van der Waals surface area contributed by atoms with Gasteiger partial charge in [-0.15, -0.1) is 6.58 Å². The van der Waals surface area contributed by atoms with Crippen LogP contribution >= 0.6 is 31.9 Å². The molecule has 0 spiro atoms. The Bertz CT molecular complexity index is 701. The van der Waals surface area contributed by atoms with Crippen molar-refractivity contribution >= 4 is 50.0 Å². The predicted molar refractivity (Wildman–Crippen MR) is 135 cm³/mol. The summed E-state index contributed by atoms with van der Waals surface area (Å²) in [5, 5.41) is 1.91. The fraction of sp³-hybridized carbons (Fsp3) is 0.458. The summed E-state index contributed by atoms with van der Waals surface area (Å²) in [5.74, 6) is -0.0360. The first-order chi connectivity index (χ1) is 14.9. The quantitative estimate of drug-likeness (QED) is 0.167. The lowest BCUT2D eigenvalue weighted by atomic mass is 10.1. The predicted octanol–water partition coefficient (Wildman–Crippen LogP) is 5.76. The van der Waals surface area contributed by atoms with E-state index in [2.05, 4.69) is 55.6 Å². The smallest absolute Gasteiger partial charge is 0.327 e. The molecule has 172 valence electrons. The van der Waals surface area contributed by atoms with Gasteiger partial charge in [0.1, 0.15) is 6.54 Å². The molecule has 0 aliphatic heterocycles. The van der Waals surface area contributed by atoms with Crippen molar-refractivity contribution in [3.05, 3.63) is 60.7 Å². The van der Waals surface area contributed by atoms with E-state index in [9.17, 15) is 9.59 Å². The standard InChI is InChI=1S/C11H13NO2.C9H14O2.C4H6Br2/c1-2-14-11(13)9-12-8-10-6-4-3-5-7-10;1-4-7-6-9(7,3)8(10)11-5-2;5-3-1-2-4-6/h3-8H,2,9H2,1H3;4,7H,1,5-6H2,2-3H3;1-2H,3-4H2/b;;2-1+. The highest BCUT2D eigenvalue weighted by molar-refractivity contribution is 9.09. The number of hydrogen-bond acceptors (Lipinski definition) is 5. The van der Waals surface area contributed by atoms with Gasteiger partial charge in [-0.2, -0.15) is 0 Å². The second kappa shape index (κ2) is 17.9. The van der Waals surface area contributed by atoms with Crippen molar-refractivity contribution in [2.24, 2.45) is 16.3 Å². The van der Waals surface area contributed by atoms with Gasteiger partial charge in [0.05, 0.1) is 18.6 Å². The first kappa shape index (κ1) is 29.3. The zero-order valence-corrected chi connectivity index (χ0v) is 21.7. The van der Waals surface area contributed by atoms with E-state index in [-0.39, 0.29) is 23.9 Å². The monoisotopic (exact) mass is 557 g/mol. The lowest BCUT2D eigenvalue weighted by molar-refractivity contribution is -0.149. The van der Waals surface area contributed by atoms with Crippen LogP contribution in [-0.2, 0) is 19.1 Å². The number of carbonyl (C=O) groups excluding carboxylic acids is 2. The molecule has 5 nitrogen and oxygen atoms in total. The zero-order chi connectivity index (χ0) is 23.5. The van der Waals surface area contributed by atoms with Gasteiger partial charge in [0.15, 0.2) is 0 Å². The van der Waals surface area contributed by atoms with Crippen molar-refractivity contribution in [3.8, 4) is 0 Å². The Hall–Kier alpha value is -1.73. The number of allylic oxidation sites excluding steroid dienone is 3. The maximum Gasteiger partial charge on any atom is 0.327 e. The second-order valence-corrected chi connectivity index (χ2v) is 7.94. The van der Waals surface area contributed by atoms with Crippen LogP contribution < -0.4 is 0 Å². The van der Waals surface area contributed by atoms with Crippen LogP contribution in [0.1, 0.15) is 32.8 Å². The van der Waals surface area contributed by atoms with Gasteiger partial charge < -0.3 is 9.47 Å². The SMILES string of the molecule is BrC/C=C/CBr.C=CC1CC1(C)C(=O)OCC.CCOC(=O)CN=Cc1ccccc1. The number of hydrogen-bond donors (Lipinski definition) is 0. The van der Waals surface area contributed by atoms with Crippen LogP contribution in [0.15, 0.2) is 60.1 Å². The summed E-state index contributed by atoms with van der Waals surface area (Å²) in [6, 6.07) is 9.63. The van der Waals surface area contributed by atoms with E-state index in [0.717, 1.165) is 22.6 Å². The third kappa shape index (κ3) is 13.3. The number of esters is 2. The van der Waals surface area contributed by atoms with Gasteiger partial charge in [0, 0.05) is 16.9 Å². The molecule has 0 heterocycles. The molecule has 0 amide bonds. The summed E-state index contributed by atoms with van der Waals surface area (Å²) in [6.45, 7) is 10.1. The van der Waals surface area contributed by atoms with E-state index in [0.29, 0.717) is 19.1 Å². The van der Waals surface area contributed by atoms with Crippen LogP contribution in [0.4, 0.5) is 0 Å². The molecule has 1 aromatic rings. The molecule has 1 saturated carbocycles. The van der Waals surface area contributed by atoms with Gasteiger partial charge in [-0.3, -0.25) is 14.6 Å². The maximum absolute atomic E-state index is 11.2. The van der Waals surface area contributed by atoms with Crippen molar-refractivity contribution in [1.29, 1.82) is 0 Å². The minimum atomic E-state index is -0.292. The third-order valence-electron chi connectivity index (χ3n) is 4.24. The Kier molecular flexibility index (Phi) is 16.9. The van der Waals surface area contributed by atoms with Crippen LogP contribution in [0.25, 0.3) is 0 Å². The largest absolute Gasteiger partial charge is 0.466 e. The van der Waals surface area contributed by atoms with E-state index in [1.807, 2.05) is 50.3 Å². The molecule has 7 heteroatoms. The number of nitrogens with zero attached hydrogens (tertiary/aromatic N) is 1. The Morgan fingerprint density at radius 3 is 2.16 bits per heavy atom. The molecule has 0 bridgehead atoms. The van der Waals surface area contributed by atoms with Crippen molar-refractivity contribution in [1.82, 2.24) is 0 Å². The summed E-state index contributed by atoms with van der Waals surface area (Å²) in [7, 11) is 0. The zero-order valence-electron chi connectivity index (χ0n) is 18.6. The molecule has 0 aromatic heterocycles. The highest BCUT2D eigenvalue weighted by Gasteiger charge is 2.55. The highest BCUT2D eigenvalue weighted by Crippen LogP contribution is 2.53. The van der Waals surface area contributed by atoms with Crippen LogP contribution in [0.3, 0.4) is 0 Å². The first-order valence-corrected chi connectivity index (χ1v) is 12.4. The number of carbonyl (C=O) groups is 2. The van der Waals surface area contributed by atoms with E-state index in [4.69, 9.17) is 9.47 Å². The van der Waals surface area contributed by atoms with Crippen LogP contribution in [-0.4, -0.2) is 48.6 Å². The number of ether oxygens (including phenoxy) is 2.